The van der Waals surface area contributed by atoms with Crippen molar-refractivity contribution in [2.24, 2.45) is 52.8 Å². The Kier molecular flexibility index (Phi) is 17.8. The van der Waals surface area contributed by atoms with E-state index in [0.717, 1.165) is 17.6 Å². The molecule has 5 aliphatic heterocycles. The van der Waals surface area contributed by atoms with Crippen LogP contribution in [0.25, 0.3) is 0 Å². The minimum atomic E-state index is -1.62. The number of hydrogen-bond donors (Lipinski definition) is 6. The zero-order valence-electron chi connectivity index (χ0n) is 48.6. The van der Waals surface area contributed by atoms with Crippen molar-refractivity contribution in [2.45, 2.75) is 251 Å². The summed E-state index contributed by atoms with van der Waals surface area (Å²) >= 11 is 0. The standard InChI is InChI=1S/C61H91NO17/c1-14-38-15-16-39-23-32(6)52(78-48-27-59(12,70)55(36(10)74-48)62-37(11)63)30(4)21-28(2)41-18-17-40-50(60(41,13)56(67)49-57(68)61(39,26-38)79-58(49)69)29(3)22-31(5)53(40)76-45-20-19-44(33(7)71-45)75-46-25-43(65)54(35(9)73-46)77-47-24-42(64)51(66)34(8)72-47/h15-18,21,23,29-31,33-36,38-48,50-55,64-67,70H,14,19-20,22,24-27H2,1-13H3,(H,62,63)/b28-21-,32-23+,56-49?/t29-,30+,31-,33-,34+,35+,36-,38+,39-,40+,41-,42+,43+,44+,45+,46-,47-,48+,50+,51-,52-,53-,54+,55-,59+,60-,61+/m0/s1. The number of aliphatic hydroxyl groups excluding tert-OH is 4. The van der Waals surface area contributed by atoms with Gasteiger partial charge in [0, 0.05) is 68.1 Å². The summed E-state index contributed by atoms with van der Waals surface area (Å²) < 4.78 is 58.1. The van der Waals surface area contributed by atoms with E-state index in [1.165, 1.54) is 6.92 Å². The van der Waals surface area contributed by atoms with E-state index < -0.39 is 126 Å². The van der Waals surface area contributed by atoms with Crippen LogP contribution >= 0.6 is 0 Å². The van der Waals surface area contributed by atoms with Crippen LogP contribution in [-0.2, 0) is 57.0 Å². The monoisotopic (exact) mass is 1110 g/mol. The Morgan fingerprint density at radius 1 is 0.722 bits per heavy atom. The molecular formula is C61H91NO17. The van der Waals surface area contributed by atoms with Crippen LogP contribution in [0.15, 0.2) is 58.9 Å². The number of hydrogen-bond acceptors (Lipinski definition) is 17. The fourth-order valence-corrected chi connectivity index (χ4v) is 15.6. The van der Waals surface area contributed by atoms with E-state index in [4.69, 9.17) is 42.6 Å². The van der Waals surface area contributed by atoms with Gasteiger partial charge in [-0.15, -0.1) is 0 Å². The molecule has 6 N–H and O–H groups in total. The number of aliphatic hydroxyl groups is 5. The maximum Gasteiger partial charge on any atom is 0.346 e. The zero-order valence-corrected chi connectivity index (χ0v) is 48.6. The first-order chi connectivity index (χ1) is 37.2. The average Bonchev–Trinajstić information content (AvgIpc) is 3.63. The fraction of sp³-hybridized carbons (Fsp3) is 0.787. The third-order valence-corrected chi connectivity index (χ3v) is 19.6. The molecule has 1 spiro atoms. The number of ether oxygens (including phenoxy) is 9. The van der Waals surface area contributed by atoms with Gasteiger partial charge in [-0.25, -0.2) is 4.79 Å². The number of carbonyl (C=O) groups excluding carboxylic acids is 3. The average molecular weight is 1110 g/mol. The van der Waals surface area contributed by atoms with Gasteiger partial charge >= 0.3 is 5.97 Å². The minimum Gasteiger partial charge on any atom is -0.511 e. The summed E-state index contributed by atoms with van der Waals surface area (Å²) in [5.41, 5.74) is -2.79. The van der Waals surface area contributed by atoms with Gasteiger partial charge in [0.05, 0.1) is 66.6 Å². The summed E-state index contributed by atoms with van der Waals surface area (Å²) in [7, 11) is 0. The van der Waals surface area contributed by atoms with Crippen LogP contribution < -0.4 is 5.32 Å². The highest BCUT2D eigenvalue weighted by atomic mass is 16.7. The molecule has 0 aromatic heterocycles. The van der Waals surface area contributed by atoms with Crippen molar-refractivity contribution in [3.63, 3.8) is 0 Å². The second-order valence-corrected chi connectivity index (χ2v) is 25.7. The molecule has 5 saturated heterocycles. The van der Waals surface area contributed by atoms with Crippen molar-refractivity contribution in [1.29, 1.82) is 0 Å². The summed E-state index contributed by atoms with van der Waals surface area (Å²) in [6.45, 7) is 24.7. The van der Waals surface area contributed by atoms with Gasteiger partial charge in [0.1, 0.15) is 23.5 Å². The summed E-state index contributed by atoms with van der Waals surface area (Å²) in [5, 5.41) is 59.5. The molecule has 6 fully saturated rings. The predicted molar refractivity (Wildman–Crippen MR) is 288 cm³/mol. The second kappa shape index (κ2) is 23.4. The van der Waals surface area contributed by atoms with E-state index in [9.17, 15) is 35.1 Å². The number of Topliss-reactive ketones (excluding diaryl/α,β-unsaturated/α-hetero) is 1. The molecular weight excluding hydrogens is 1020 g/mol. The first-order valence-electron chi connectivity index (χ1n) is 29.4. The Bertz CT molecular complexity index is 2390. The van der Waals surface area contributed by atoms with Crippen molar-refractivity contribution in [3.8, 4) is 0 Å². The maximum atomic E-state index is 15.5. The SMILES string of the molecule is CC[C@@H]1C=C[C@H]2/C=C(\C)[C@@H](O[C@@H]3C[C@@](C)(O)[C@@H](NC(C)=O)[C@H](C)O3)[C@H](C)/C=C(/C)[C@@H]3C=C[C@H]4[C@@H](O[C@@H]5CC[C@@H](O[C@H]6C[C@@H](O)[C@H](O[C@H]7C[C@@H](O)[C@@H](O)[C@@H](C)O7)[C@@H](C)O6)[C@H](C)O5)[C@@H](C)C[C@H](C)[C@H]4[C@@]3(C)C(O)=C3C(=O)O[C@@]2(C1)C3=O. The summed E-state index contributed by atoms with van der Waals surface area (Å²) in [4.78, 5) is 42.4. The lowest BCUT2D eigenvalue weighted by molar-refractivity contribution is -0.328. The quantitative estimate of drug-likeness (QED) is 0.0755. The minimum absolute atomic E-state index is 0.00252. The van der Waals surface area contributed by atoms with E-state index >= 15 is 4.79 Å². The number of carbonyl (C=O) groups is 3. The molecule has 0 unspecified atom stereocenters. The highest BCUT2D eigenvalue weighted by molar-refractivity contribution is 6.26. The lowest BCUT2D eigenvalue weighted by Gasteiger charge is -2.56. The second-order valence-electron chi connectivity index (χ2n) is 25.7. The van der Waals surface area contributed by atoms with Crippen LogP contribution in [0.4, 0.5) is 0 Å². The van der Waals surface area contributed by atoms with Gasteiger partial charge in [0.25, 0.3) is 0 Å². The summed E-state index contributed by atoms with van der Waals surface area (Å²) in [6.07, 6.45) is 5.22. The topological polar surface area (TPSA) is 247 Å². The number of amides is 1. The molecule has 18 heteroatoms. The number of rotatable bonds is 10. The van der Waals surface area contributed by atoms with E-state index in [2.05, 4.69) is 50.4 Å². The van der Waals surface area contributed by atoms with Crippen LogP contribution in [0.2, 0.25) is 0 Å². The summed E-state index contributed by atoms with van der Waals surface area (Å²) in [6, 6.07) is -0.666. The smallest absolute Gasteiger partial charge is 0.346 e. The maximum absolute atomic E-state index is 15.5. The van der Waals surface area contributed by atoms with E-state index in [1.54, 1.807) is 27.7 Å². The lowest BCUT2D eigenvalue weighted by atomic mass is 9.49. The lowest BCUT2D eigenvalue weighted by Crippen LogP contribution is -2.62. The van der Waals surface area contributed by atoms with E-state index in [0.29, 0.717) is 19.3 Å². The van der Waals surface area contributed by atoms with Gasteiger partial charge in [0.15, 0.2) is 30.8 Å². The predicted octanol–water partition coefficient (Wildman–Crippen LogP) is 6.72. The van der Waals surface area contributed by atoms with Crippen LogP contribution in [-0.4, -0.2) is 153 Å². The molecule has 4 aliphatic carbocycles. The number of esters is 1. The third kappa shape index (κ3) is 11.5. The fourth-order valence-electron chi connectivity index (χ4n) is 15.6. The molecule has 1 saturated carbocycles. The summed E-state index contributed by atoms with van der Waals surface area (Å²) in [5.74, 6) is -3.97. The van der Waals surface area contributed by atoms with Gasteiger partial charge in [-0.2, -0.15) is 0 Å². The van der Waals surface area contributed by atoms with Gasteiger partial charge in [-0.1, -0.05) is 76.6 Å². The zero-order chi connectivity index (χ0) is 57.4. The third-order valence-electron chi connectivity index (χ3n) is 19.6. The number of nitrogens with one attached hydrogen (secondary N) is 1. The van der Waals surface area contributed by atoms with Gasteiger partial charge in [-0.3, -0.25) is 9.59 Å². The molecule has 0 aromatic rings. The van der Waals surface area contributed by atoms with Crippen LogP contribution in [0.3, 0.4) is 0 Å². The molecule has 18 nitrogen and oxygen atoms in total. The van der Waals surface area contributed by atoms with Crippen LogP contribution in [0.1, 0.15) is 141 Å². The van der Waals surface area contributed by atoms with Gasteiger partial charge in [0.2, 0.25) is 11.7 Å². The Labute approximate surface area is 466 Å². The van der Waals surface area contributed by atoms with Crippen LogP contribution in [0, 0.1) is 52.8 Å². The molecule has 9 aliphatic rings. The Hall–Kier alpha value is -3.37. The van der Waals surface area contributed by atoms with Crippen molar-refractivity contribution in [1.82, 2.24) is 5.32 Å². The molecule has 9 rings (SSSR count). The van der Waals surface area contributed by atoms with Gasteiger partial charge in [-0.05, 0) is 97.0 Å². The molecule has 79 heavy (non-hydrogen) atoms. The highest BCUT2D eigenvalue weighted by Gasteiger charge is 2.63. The van der Waals surface area contributed by atoms with E-state index in [1.807, 2.05) is 46.8 Å². The molecule has 0 aromatic carbocycles. The number of allylic oxidation sites excluding steroid dienone is 4. The van der Waals surface area contributed by atoms with Crippen LogP contribution in [0.5, 0.6) is 0 Å². The molecule has 442 valence electrons. The molecule has 1 amide bonds. The number of ketones is 1. The number of fused-ring (bicyclic) bond motifs is 4. The van der Waals surface area contributed by atoms with Crippen molar-refractivity contribution in [3.05, 3.63) is 58.9 Å². The molecule has 5 heterocycles. The first-order valence-corrected chi connectivity index (χ1v) is 29.4. The molecule has 0 radical (unpaired) electrons. The van der Waals surface area contributed by atoms with Crippen molar-refractivity contribution >= 4 is 17.7 Å². The highest BCUT2D eigenvalue weighted by Crippen LogP contribution is 2.61. The Balaban J connectivity index is 0.978. The van der Waals surface area contributed by atoms with Crippen molar-refractivity contribution < 1.29 is 82.5 Å². The Morgan fingerprint density at radius 3 is 2.04 bits per heavy atom. The van der Waals surface area contributed by atoms with Crippen molar-refractivity contribution in [2.75, 3.05) is 0 Å². The molecule has 2 bridgehead atoms. The Morgan fingerprint density at radius 2 is 1.38 bits per heavy atom. The first kappa shape index (κ1) is 60.2. The normalized spacial score (nSPS) is 50.7. The molecule has 27 atom stereocenters. The largest absolute Gasteiger partial charge is 0.511 e. The van der Waals surface area contributed by atoms with Gasteiger partial charge < -0.3 is 73.5 Å². The van der Waals surface area contributed by atoms with E-state index in [-0.39, 0.29) is 90.6 Å².